The summed E-state index contributed by atoms with van der Waals surface area (Å²) in [6.45, 7) is 0. The molecule has 20 heavy (non-hydrogen) atoms. The molecule has 2 rings (SSSR count). The third-order valence-electron chi connectivity index (χ3n) is 2.54. The van der Waals surface area contributed by atoms with Crippen molar-refractivity contribution in [3.05, 3.63) is 27.7 Å². The molecular weight excluding hydrogens is 305 g/mol. The first-order valence-corrected chi connectivity index (χ1v) is 6.55. The van der Waals surface area contributed by atoms with Crippen LogP contribution >= 0.6 is 23.2 Å². The lowest BCUT2D eigenvalue weighted by Gasteiger charge is -2.02. The van der Waals surface area contributed by atoms with Gasteiger partial charge in [0.2, 0.25) is 0 Å². The number of amides is 2. The molecule has 1 fully saturated rings. The fourth-order valence-corrected chi connectivity index (χ4v) is 1.86. The summed E-state index contributed by atoms with van der Waals surface area (Å²) in [5.74, 6) is -1.78. The summed E-state index contributed by atoms with van der Waals surface area (Å²) in [7, 11) is 0. The van der Waals surface area contributed by atoms with Crippen molar-refractivity contribution in [2.75, 3.05) is 0 Å². The highest BCUT2D eigenvalue weighted by Crippen LogP contribution is 2.32. The molecule has 0 bridgehead atoms. The predicted octanol–water partition coefficient (Wildman–Crippen LogP) is 1.43. The predicted molar refractivity (Wildman–Crippen MR) is 75.0 cm³/mol. The number of phenolic OH excluding ortho intramolecular Hbond substituents is 1. The molecule has 3 N–H and O–H groups in total. The van der Waals surface area contributed by atoms with Gasteiger partial charge in [0, 0.05) is 6.04 Å². The van der Waals surface area contributed by atoms with E-state index in [1.807, 2.05) is 0 Å². The number of aromatic hydroxyl groups is 1. The van der Waals surface area contributed by atoms with Crippen LogP contribution in [0, 0.1) is 0 Å². The van der Waals surface area contributed by atoms with Gasteiger partial charge in [-0.15, -0.1) is 0 Å². The van der Waals surface area contributed by atoms with E-state index in [1.165, 1.54) is 18.3 Å². The van der Waals surface area contributed by atoms with Gasteiger partial charge in [-0.1, -0.05) is 23.2 Å². The Balaban J connectivity index is 1.92. The van der Waals surface area contributed by atoms with Gasteiger partial charge in [0.05, 0.1) is 16.3 Å². The largest absolute Gasteiger partial charge is 0.505 e. The third-order valence-corrected chi connectivity index (χ3v) is 3.11. The summed E-state index contributed by atoms with van der Waals surface area (Å²) in [6.07, 6.45) is 3.05. The molecule has 2 amide bonds. The topological polar surface area (TPSA) is 90.8 Å². The molecule has 0 radical (unpaired) electrons. The lowest BCUT2D eigenvalue weighted by atomic mass is 10.2. The van der Waals surface area contributed by atoms with Crippen LogP contribution in [0.3, 0.4) is 0 Å². The van der Waals surface area contributed by atoms with Crippen LogP contribution < -0.4 is 10.7 Å². The first-order valence-electron chi connectivity index (χ1n) is 5.79. The summed E-state index contributed by atoms with van der Waals surface area (Å²) in [5.41, 5.74) is 2.56. The van der Waals surface area contributed by atoms with Crippen molar-refractivity contribution in [2.24, 2.45) is 5.10 Å². The number of phenols is 1. The van der Waals surface area contributed by atoms with Gasteiger partial charge >= 0.3 is 11.8 Å². The first kappa shape index (κ1) is 14.6. The summed E-state index contributed by atoms with van der Waals surface area (Å²) < 4.78 is 0. The van der Waals surface area contributed by atoms with Crippen LogP contribution in [0.15, 0.2) is 17.2 Å². The fraction of sp³-hybridized carbons (Fsp3) is 0.250. The quantitative estimate of drug-likeness (QED) is 0.447. The highest BCUT2D eigenvalue weighted by molar-refractivity contribution is 6.37. The van der Waals surface area contributed by atoms with Crippen molar-refractivity contribution in [3.63, 3.8) is 0 Å². The van der Waals surface area contributed by atoms with Crippen molar-refractivity contribution < 1.29 is 14.7 Å². The molecule has 0 aromatic heterocycles. The van der Waals surface area contributed by atoms with Crippen molar-refractivity contribution in [1.82, 2.24) is 10.7 Å². The second kappa shape index (κ2) is 6.11. The molecule has 8 heteroatoms. The SMILES string of the molecule is O=C(N/N=C/c1cc(Cl)c(O)c(Cl)c1)C(=O)NC1CC1. The number of halogens is 2. The molecule has 0 saturated heterocycles. The average Bonchev–Trinajstić information content (AvgIpc) is 3.19. The van der Waals surface area contributed by atoms with Crippen LogP contribution in [-0.2, 0) is 9.59 Å². The van der Waals surface area contributed by atoms with E-state index in [0.717, 1.165) is 12.8 Å². The average molecular weight is 316 g/mol. The van der Waals surface area contributed by atoms with Crippen molar-refractivity contribution in [2.45, 2.75) is 18.9 Å². The van der Waals surface area contributed by atoms with Gasteiger partial charge in [-0.2, -0.15) is 5.10 Å². The Morgan fingerprint density at radius 1 is 1.25 bits per heavy atom. The number of hydrogen-bond donors (Lipinski definition) is 3. The lowest BCUT2D eigenvalue weighted by molar-refractivity contribution is -0.139. The van der Waals surface area contributed by atoms with Gasteiger partial charge in [0.25, 0.3) is 0 Å². The maximum absolute atomic E-state index is 11.4. The number of nitrogens with zero attached hydrogens (tertiary/aromatic N) is 1. The van der Waals surface area contributed by atoms with Crippen molar-refractivity contribution in [1.29, 1.82) is 0 Å². The maximum Gasteiger partial charge on any atom is 0.329 e. The van der Waals surface area contributed by atoms with Gasteiger partial charge in [0.1, 0.15) is 0 Å². The number of rotatable bonds is 3. The van der Waals surface area contributed by atoms with E-state index in [2.05, 4.69) is 15.8 Å². The highest BCUT2D eigenvalue weighted by atomic mass is 35.5. The second-order valence-electron chi connectivity index (χ2n) is 4.28. The van der Waals surface area contributed by atoms with Gasteiger partial charge < -0.3 is 10.4 Å². The van der Waals surface area contributed by atoms with E-state index >= 15 is 0 Å². The minimum atomic E-state index is -0.843. The molecule has 1 aliphatic rings. The number of carbonyl (C=O) groups excluding carboxylic acids is 2. The molecule has 1 aliphatic carbocycles. The van der Waals surface area contributed by atoms with Crippen LogP contribution in [0.5, 0.6) is 5.75 Å². The molecule has 0 spiro atoms. The Morgan fingerprint density at radius 3 is 2.40 bits per heavy atom. The minimum Gasteiger partial charge on any atom is -0.505 e. The molecule has 0 aliphatic heterocycles. The van der Waals surface area contributed by atoms with E-state index in [4.69, 9.17) is 23.2 Å². The molecule has 106 valence electrons. The first-order chi connectivity index (χ1) is 9.47. The Hall–Kier alpha value is -1.79. The molecule has 0 atom stereocenters. The zero-order chi connectivity index (χ0) is 14.7. The summed E-state index contributed by atoms with van der Waals surface area (Å²) >= 11 is 11.5. The Labute approximate surface area is 124 Å². The van der Waals surface area contributed by atoms with Crippen molar-refractivity contribution >= 4 is 41.2 Å². The van der Waals surface area contributed by atoms with Crippen LogP contribution in [0.1, 0.15) is 18.4 Å². The number of hydrogen-bond acceptors (Lipinski definition) is 4. The summed E-state index contributed by atoms with van der Waals surface area (Å²) in [6, 6.07) is 2.94. The van der Waals surface area contributed by atoms with Gasteiger partial charge in [-0.05, 0) is 30.5 Å². The molecule has 1 aromatic rings. The number of carbonyl (C=O) groups is 2. The second-order valence-corrected chi connectivity index (χ2v) is 5.09. The Kier molecular flexibility index (Phi) is 4.46. The van der Waals surface area contributed by atoms with Gasteiger partial charge in [-0.25, -0.2) is 5.43 Å². The van der Waals surface area contributed by atoms with E-state index in [1.54, 1.807) is 0 Å². The minimum absolute atomic E-state index is 0.0664. The summed E-state index contributed by atoms with van der Waals surface area (Å²) in [5, 5.41) is 15.7. The molecular formula is C12H11Cl2N3O3. The normalized spacial score (nSPS) is 14.3. The number of hydrazone groups is 1. The number of benzene rings is 1. The van der Waals surface area contributed by atoms with Crippen LogP contribution in [-0.4, -0.2) is 29.2 Å². The van der Waals surface area contributed by atoms with Crippen LogP contribution in [0.4, 0.5) is 0 Å². The molecule has 1 aromatic carbocycles. The summed E-state index contributed by atoms with van der Waals surface area (Å²) in [4.78, 5) is 22.7. The van der Waals surface area contributed by atoms with E-state index in [9.17, 15) is 14.7 Å². The van der Waals surface area contributed by atoms with E-state index in [-0.39, 0.29) is 21.8 Å². The zero-order valence-electron chi connectivity index (χ0n) is 10.2. The molecule has 0 heterocycles. The van der Waals surface area contributed by atoms with Crippen molar-refractivity contribution in [3.8, 4) is 5.75 Å². The highest BCUT2D eigenvalue weighted by Gasteiger charge is 2.26. The zero-order valence-corrected chi connectivity index (χ0v) is 11.7. The lowest BCUT2D eigenvalue weighted by Crippen LogP contribution is -2.38. The van der Waals surface area contributed by atoms with Crippen LogP contribution in [0.25, 0.3) is 0 Å². The Morgan fingerprint density at radius 2 is 1.85 bits per heavy atom. The smallest absolute Gasteiger partial charge is 0.329 e. The molecule has 6 nitrogen and oxygen atoms in total. The van der Waals surface area contributed by atoms with E-state index in [0.29, 0.717) is 5.56 Å². The van der Waals surface area contributed by atoms with Gasteiger partial charge in [0.15, 0.2) is 5.75 Å². The third kappa shape index (κ3) is 3.85. The fourth-order valence-electron chi connectivity index (χ4n) is 1.35. The van der Waals surface area contributed by atoms with Gasteiger partial charge in [-0.3, -0.25) is 9.59 Å². The monoisotopic (exact) mass is 315 g/mol. The van der Waals surface area contributed by atoms with Crippen LogP contribution in [0.2, 0.25) is 10.0 Å². The Bertz CT molecular complexity index is 562. The standard InChI is InChI=1S/C12H11Cl2N3O3/c13-8-3-6(4-9(14)10(8)18)5-15-17-12(20)11(19)16-7-1-2-7/h3-5,7,18H,1-2H2,(H,16,19)(H,17,20)/b15-5+. The molecule has 0 unspecified atom stereocenters. The maximum atomic E-state index is 11.4. The number of nitrogens with one attached hydrogen (secondary N) is 2. The van der Waals surface area contributed by atoms with E-state index < -0.39 is 11.8 Å². The molecule has 1 saturated carbocycles.